The number of carboxylic acid groups (broad SMARTS) is 1. The van der Waals surface area contributed by atoms with Gasteiger partial charge in [0.1, 0.15) is 0 Å². The van der Waals surface area contributed by atoms with Crippen LogP contribution in [0.3, 0.4) is 0 Å². The summed E-state index contributed by atoms with van der Waals surface area (Å²) in [4.78, 5) is 10.5. The van der Waals surface area contributed by atoms with Gasteiger partial charge in [-0.05, 0) is 12.8 Å². The van der Waals surface area contributed by atoms with Crippen molar-refractivity contribution in [2.24, 2.45) is 5.84 Å². The molecule has 0 aliphatic heterocycles. The minimum Gasteiger partial charge on any atom is -0.481 e. The van der Waals surface area contributed by atoms with Crippen LogP contribution in [-0.4, -0.2) is 17.6 Å². The number of nitrogens with one attached hydrogen (secondary N) is 3. The van der Waals surface area contributed by atoms with Crippen molar-refractivity contribution in [2.75, 3.05) is 6.54 Å². The standard InChI is InChI=1S/C39H82N4O2/c40-42-43-41-38-36-34-32-30-28-26-24-22-20-18-16-14-12-10-8-6-4-2-1-3-5-7-9-11-13-15-17-19-21-23-25-27-29-31-33-35-37-39(44)45/h41-43H,1-38,40H2,(H,44,45). The van der Waals surface area contributed by atoms with Gasteiger partial charge in [0.05, 0.1) is 0 Å². The number of carbonyl (C=O) groups is 1. The van der Waals surface area contributed by atoms with Crippen molar-refractivity contribution >= 4 is 5.97 Å². The second-order valence-corrected chi connectivity index (χ2v) is 14.1. The number of carboxylic acids is 1. The molecule has 270 valence electrons. The van der Waals surface area contributed by atoms with Crippen LogP contribution in [0.4, 0.5) is 0 Å². The predicted molar refractivity (Wildman–Crippen MR) is 197 cm³/mol. The Hall–Kier alpha value is -0.690. The second kappa shape index (κ2) is 41.3. The molecule has 0 aromatic rings. The van der Waals surface area contributed by atoms with Crippen LogP contribution in [0, 0.1) is 0 Å². The molecule has 0 aliphatic carbocycles. The lowest BCUT2D eigenvalue weighted by Gasteiger charge is -2.05. The highest BCUT2D eigenvalue weighted by Gasteiger charge is 1.99. The van der Waals surface area contributed by atoms with E-state index in [1.165, 1.54) is 218 Å². The Morgan fingerprint density at radius 1 is 0.356 bits per heavy atom. The first-order valence-corrected chi connectivity index (χ1v) is 20.4. The van der Waals surface area contributed by atoms with Crippen molar-refractivity contribution < 1.29 is 9.90 Å². The summed E-state index contributed by atoms with van der Waals surface area (Å²) in [7, 11) is 0. The van der Waals surface area contributed by atoms with E-state index in [1.54, 1.807) is 0 Å². The van der Waals surface area contributed by atoms with Gasteiger partial charge >= 0.3 is 5.97 Å². The molecule has 0 radical (unpaired) electrons. The molecule has 0 atom stereocenters. The first-order chi connectivity index (χ1) is 22.3. The van der Waals surface area contributed by atoms with Gasteiger partial charge in [0.25, 0.3) is 0 Å². The highest BCUT2D eigenvalue weighted by Crippen LogP contribution is 2.17. The van der Waals surface area contributed by atoms with E-state index < -0.39 is 5.97 Å². The van der Waals surface area contributed by atoms with Crippen molar-refractivity contribution in [2.45, 2.75) is 238 Å². The molecule has 45 heavy (non-hydrogen) atoms. The molecule has 0 spiro atoms. The van der Waals surface area contributed by atoms with E-state index in [4.69, 9.17) is 10.9 Å². The van der Waals surface area contributed by atoms with Crippen LogP contribution in [-0.2, 0) is 4.79 Å². The predicted octanol–water partition coefficient (Wildman–Crippen LogP) is 12.0. The lowest BCUT2D eigenvalue weighted by Crippen LogP contribution is -2.47. The third-order valence-corrected chi connectivity index (χ3v) is 9.60. The van der Waals surface area contributed by atoms with Gasteiger partial charge in [-0.2, -0.15) is 11.1 Å². The molecule has 6 N–H and O–H groups in total. The van der Waals surface area contributed by atoms with Gasteiger partial charge in [0.15, 0.2) is 0 Å². The fourth-order valence-electron chi connectivity index (χ4n) is 6.61. The fourth-order valence-corrected chi connectivity index (χ4v) is 6.61. The number of hydrazine groups is 3. The molecule has 0 aromatic carbocycles. The zero-order valence-electron chi connectivity index (χ0n) is 30.3. The maximum Gasteiger partial charge on any atom is 0.303 e. The third kappa shape index (κ3) is 43.3. The molecule has 0 fully saturated rings. The van der Waals surface area contributed by atoms with Crippen molar-refractivity contribution in [3.05, 3.63) is 0 Å². The normalized spacial score (nSPS) is 11.5. The maximum atomic E-state index is 10.5. The maximum absolute atomic E-state index is 10.5. The van der Waals surface area contributed by atoms with Crippen LogP contribution in [0.2, 0.25) is 0 Å². The number of nitrogens with two attached hydrogens (primary N) is 1. The Balaban J connectivity index is 3.04. The van der Waals surface area contributed by atoms with Crippen molar-refractivity contribution in [3.63, 3.8) is 0 Å². The SMILES string of the molecule is NNNNCCCCCCCCCCCCCCCCCCCCCCCCCCCCCCCCCCCCCCC(=O)O. The molecular formula is C39H82N4O2. The summed E-state index contributed by atoms with van der Waals surface area (Å²) in [6, 6.07) is 0. The van der Waals surface area contributed by atoms with Crippen molar-refractivity contribution in [1.29, 1.82) is 0 Å². The van der Waals surface area contributed by atoms with Crippen LogP contribution in [0.1, 0.15) is 238 Å². The zero-order valence-corrected chi connectivity index (χ0v) is 30.3. The molecule has 6 nitrogen and oxygen atoms in total. The van der Waals surface area contributed by atoms with Crippen LogP contribution < -0.4 is 22.3 Å². The minimum atomic E-state index is -0.649. The van der Waals surface area contributed by atoms with Gasteiger partial charge in [-0.3, -0.25) is 10.6 Å². The second-order valence-electron chi connectivity index (χ2n) is 14.1. The molecule has 6 heteroatoms. The zero-order chi connectivity index (χ0) is 32.6. The Labute approximate surface area is 281 Å². The summed E-state index contributed by atoms with van der Waals surface area (Å²) in [5.41, 5.74) is 8.10. The summed E-state index contributed by atoms with van der Waals surface area (Å²) >= 11 is 0. The largest absolute Gasteiger partial charge is 0.481 e. The third-order valence-electron chi connectivity index (χ3n) is 9.60. The molecule has 0 unspecified atom stereocenters. The van der Waals surface area contributed by atoms with E-state index in [0.717, 1.165) is 19.4 Å². The minimum absolute atomic E-state index is 0.344. The van der Waals surface area contributed by atoms with Gasteiger partial charge in [0, 0.05) is 13.0 Å². The van der Waals surface area contributed by atoms with E-state index in [0.29, 0.717) is 6.42 Å². The van der Waals surface area contributed by atoms with Gasteiger partial charge in [0.2, 0.25) is 0 Å². The molecule has 0 saturated heterocycles. The van der Waals surface area contributed by atoms with E-state index >= 15 is 0 Å². The Kier molecular flexibility index (Phi) is 40.7. The molecule has 0 heterocycles. The fraction of sp³-hybridized carbons (Fsp3) is 0.974. The monoisotopic (exact) mass is 639 g/mol. The van der Waals surface area contributed by atoms with Gasteiger partial charge in [-0.25, -0.2) is 5.43 Å². The molecule has 0 rings (SSSR count). The van der Waals surface area contributed by atoms with E-state index in [-0.39, 0.29) is 0 Å². The molecular weight excluding hydrogens is 556 g/mol. The van der Waals surface area contributed by atoms with Crippen LogP contribution in [0.15, 0.2) is 0 Å². The van der Waals surface area contributed by atoms with E-state index in [1.807, 2.05) is 0 Å². The Morgan fingerprint density at radius 2 is 0.556 bits per heavy atom. The topological polar surface area (TPSA) is 99.4 Å². The van der Waals surface area contributed by atoms with Crippen LogP contribution in [0.5, 0.6) is 0 Å². The molecule has 0 aliphatic rings. The van der Waals surface area contributed by atoms with E-state index in [2.05, 4.69) is 16.5 Å². The smallest absolute Gasteiger partial charge is 0.303 e. The molecule has 0 aromatic heterocycles. The lowest BCUT2D eigenvalue weighted by atomic mass is 10.0. The van der Waals surface area contributed by atoms with E-state index in [9.17, 15) is 4.79 Å². The number of unbranched alkanes of at least 4 members (excludes halogenated alkanes) is 35. The quantitative estimate of drug-likeness (QED) is 0.0259. The highest BCUT2D eigenvalue weighted by molar-refractivity contribution is 5.66. The average Bonchev–Trinajstić information content (AvgIpc) is 3.03. The Morgan fingerprint density at radius 3 is 0.756 bits per heavy atom. The molecule has 0 saturated carbocycles. The van der Waals surface area contributed by atoms with Crippen LogP contribution in [0.25, 0.3) is 0 Å². The lowest BCUT2D eigenvalue weighted by molar-refractivity contribution is -0.137. The first-order valence-electron chi connectivity index (χ1n) is 20.4. The summed E-state index contributed by atoms with van der Waals surface area (Å²) < 4.78 is 0. The van der Waals surface area contributed by atoms with Crippen LogP contribution >= 0.6 is 0 Å². The van der Waals surface area contributed by atoms with Gasteiger partial charge < -0.3 is 5.11 Å². The number of hydrogen-bond acceptors (Lipinski definition) is 5. The summed E-state index contributed by atoms with van der Waals surface area (Å²) in [5.74, 6) is 4.48. The molecule has 0 amide bonds. The number of rotatable bonds is 41. The Bertz CT molecular complexity index is 549. The summed E-state index contributed by atoms with van der Waals surface area (Å²) in [6.45, 7) is 0.970. The van der Waals surface area contributed by atoms with Crippen molar-refractivity contribution in [3.8, 4) is 0 Å². The highest BCUT2D eigenvalue weighted by atomic mass is 16.4. The van der Waals surface area contributed by atoms with Crippen molar-refractivity contribution in [1.82, 2.24) is 16.5 Å². The number of hydrogen-bond donors (Lipinski definition) is 5. The summed E-state index contributed by atoms with van der Waals surface area (Å²) in [5, 5.41) is 8.65. The first kappa shape index (κ1) is 44.3. The number of aliphatic carboxylic acids is 1. The van der Waals surface area contributed by atoms with Gasteiger partial charge in [-0.15, -0.1) is 0 Å². The molecule has 0 bridgehead atoms. The average molecular weight is 639 g/mol. The van der Waals surface area contributed by atoms with Gasteiger partial charge in [-0.1, -0.05) is 218 Å². The summed E-state index contributed by atoms with van der Waals surface area (Å²) in [6.07, 6.45) is 50.5.